The predicted octanol–water partition coefficient (Wildman–Crippen LogP) is 4.60. The fourth-order valence-corrected chi connectivity index (χ4v) is 1.89. The molecule has 0 fully saturated rings. The van der Waals surface area contributed by atoms with Gasteiger partial charge < -0.3 is 0 Å². The Bertz CT molecular complexity index is 603. The molecule has 0 N–H and O–H groups in total. The maximum absolute atomic E-state index is 13.7. The third-order valence-corrected chi connectivity index (χ3v) is 3.01. The summed E-state index contributed by atoms with van der Waals surface area (Å²) >= 11 is 0. The lowest BCUT2D eigenvalue weighted by Crippen LogP contribution is -1.89. The Kier molecular flexibility index (Phi) is 3.48. The van der Waals surface area contributed by atoms with Gasteiger partial charge >= 0.3 is 0 Å². The van der Waals surface area contributed by atoms with Crippen molar-refractivity contribution in [2.45, 2.75) is 19.8 Å². The van der Waals surface area contributed by atoms with Crippen molar-refractivity contribution in [3.63, 3.8) is 0 Å². The molecule has 0 aromatic heterocycles. The largest absolute Gasteiger partial charge is 0.206 e. The van der Waals surface area contributed by atoms with Crippen LogP contribution in [0.5, 0.6) is 0 Å². The first kappa shape index (κ1) is 12.4. The first-order valence-electron chi connectivity index (χ1n) is 5.98. The number of hydrogen-bond donors (Lipinski definition) is 0. The highest BCUT2D eigenvalue weighted by Gasteiger charge is 2.05. The van der Waals surface area contributed by atoms with Crippen LogP contribution in [0.3, 0.4) is 0 Å². The number of halogens is 1. The number of benzene rings is 2. The second-order valence-corrected chi connectivity index (χ2v) is 4.62. The van der Waals surface area contributed by atoms with Crippen LogP contribution in [-0.2, 0) is 0 Å². The summed E-state index contributed by atoms with van der Waals surface area (Å²) < 4.78 is 13.7. The molecule has 0 spiro atoms. The van der Waals surface area contributed by atoms with E-state index in [1.165, 1.54) is 11.6 Å². The molecule has 2 aromatic carbocycles. The smallest absolute Gasteiger partial charge is 0.139 e. The Labute approximate surface area is 107 Å². The van der Waals surface area contributed by atoms with Crippen LogP contribution in [0.4, 0.5) is 4.39 Å². The van der Waals surface area contributed by atoms with Crippen LogP contribution >= 0.6 is 0 Å². The van der Waals surface area contributed by atoms with Crippen molar-refractivity contribution >= 4 is 0 Å². The molecule has 0 unspecified atom stereocenters. The van der Waals surface area contributed by atoms with Crippen LogP contribution in [0.2, 0.25) is 0 Å². The minimum absolute atomic E-state index is 0.304. The molecular formula is C17H15F. The molecule has 0 saturated heterocycles. The maximum Gasteiger partial charge on any atom is 0.139 e. The first-order chi connectivity index (χ1) is 8.61. The van der Waals surface area contributed by atoms with Crippen molar-refractivity contribution in [3.05, 3.63) is 59.4 Å². The summed E-state index contributed by atoms with van der Waals surface area (Å²) in [5, 5.41) is 0. The van der Waals surface area contributed by atoms with E-state index in [1.807, 2.05) is 18.2 Å². The van der Waals surface area contributed by atoms with Gasteiger partial charge in [0.1, 0.15) is 5.82 Å². The molecule has 2 rings (SSSR count). The van der Waals surface area contributed by atoms with E-state index in [-0.39, 0.29) is 5.82 Å². The molecule has 1 heteroatoms. The topological polar surface area (TPSA) is 0 Å². The highest BCUT2D eigenvalue weighted by atomic mass is 19.1. The summed E-state index contributed by atoms with van der Waals surface area (Å²) in [6.45, 7) is 4.28. The minimum atomic E-state index is -0.343. The van der Waals surface area contributed by atoms with Gasteiger partial charge in [0.05, 0.1) is 5.56 Å². The lowest BCUT2D eigenvalue weighted by Gasteiger charge is -2.08. The predicted molar refractivity (Wildman–Crippen MR) is 73.9 cm³/mol. The van der Waals surface area contributed by atoms with E-state index < -0.39 is 0 Å². The van der Waals surface area contributed by atoms with Crippen molar-refractivity contribution < 1.29 is 4.39 Å². The molecule has 0 aliphatic carbocycles. The third kappa shape index (κ3) is 2.43. The molecule has 0 saturated carbocycles. The minimum Gasteiger partial charge on any atom is -0.206 e. The standard InChI is InChI=1S/C17H15F/c1-4-13-8-9-16(11-17(13)18)15-7-5-6-14(10-15)12(2)3/h1,5-12H,2-3H3. The van der Waals surface area contributed by atoms with Gasteiger partial charge in [0.2, 0.25) is 0 Å². The fraction of sp³-hybridized carbons (Fsp3) is 0.176. The zero-order chi connectivity index (χ0) is 13.1. The van der Waals surface area contributed by atoms with E-state index in [0.717, 1.165) is 11.1 Å². The van der Waals surface area contributed by atoms with Gasteiger partial charge in [-0.15, -0.1) is 6.42 Å². The van der Waals surface area contributed by atoms with Crippen LogP contribution in [0.25, 0.3) is 11.1 Å². The van der Waals surface area contributed by atoms with Crippen molar-refractivity contribution in [1.29, 1.82) is 0 Å². The average molecular weight is 238 g/mol. The van der Waals surface area contributed by atoms with Crippen LogP contribution in [0.15, 0.2) is 42.5 Å². The molecule has 0 atom stereocenters. The Morgan fingerprint density at radius 3 is 2.39 bits per heavy atom. The lowest BCUT2D eigenvalue weighted by molar-refractivity contribution is 0.625. The van der Waals surface area contributed by atoms with Crippen LogP contribution in [0.1, 0.15) is 30.9 Å². The monoisotopic (exact) mass is 238 g/mol. The van der Waals surface area contributed by atoms with E-state index >= 15 is 0 Å². The lowest BCUT2D eigenvalue weighted by atomic mass is 9.97. The number of hydrogen-bond acceptors (Lipinski definition) is 0. The molecule has 90 valence electrons. The summed E-state index contributed by atoms with van der Waals surface area (Å²) in [6, 6.07) is 13.2. The van der Waals surface area contributed by atoms with E-state index in [9.17, 15) is 4.39 Å². The van der Waals surface area contributed by atoms with Gasteiger partial charge in [0.25, 0.3) is 0 Å². The van der Waals surface area contributed by atoms with E-state index in [1.54, 1.807) is 6.07 Å². The molecule has 18 heavy (non-hydrogen) atoms. The normalized spacial score (nSPS) is 10.4. The zero-order valence-corrected chi connectivity index (χ0v) is 10.6. The van der Waals surface area contributed by atoms with Gasteiger partial charge in [-0.2, -0.15) is 0 Å². The first-order valence-corrected chi connectivity index (χ1v) is 5.98. The second-order valence-electron chi connectivity index (χ2n) is 4.62. The Balaban J connectivity index is 2.46. The quantitative estimate of drug-likeness (QED) is 0.671. The summed E-state index contributed by atoms with van der Waals surface area (Å²) in [5.41, 5.74) is 3.42. The molecular weight excluding hydrogens is 223 g/mol. The van der Waals surface area contributed by atoms with Gasteiger partial charge in [-0.1, -0.05) is 50.1 Å². The van der Waals surface area contributed by atoms with E-state index in [0.29, 0.717) is 11.5 Å². The second kappa shape index (κ2) is 5.06. The Morgan fingerprint density at radius 2 is 1.78 bits per heavy atom. The summed E-state index contributed by atoms with van der Waals surface area (Å²) in [5.74, 6) is 2.44. The highest BCUT2D eigenvalue weighted by Crippen LogP contribution is 2.25. The Morgan fingerprint density at radius 1 is 1.06 bits per heavy atom. The third-order valence-electron chi connectivity index (χ3n) is 3.01. The maximum atomic E-state index is 13.7. The van der Waals surface area contributed by atoms with Crippen LogP contribution in [-0.4, -0.2) is 0 Å². The van der Waals surface area contributed by atoms with Gasteiger partial charge in [0.15, 0.2) is 0 Å². The van der Waals surface area contributed by atoms with Crippen molar-refractivity contribution in [3.8, 4) is 23.5 Å². The Hall–Kier alpha value is -2.07. The van der Waals surface area contributed by atoms with Gasteiger partial charge in [-0.3, -0.25) is 0 Å². The fourth-order valence-electron chi connectivity index (χ4n) is 1.89. The van der Waals surface area contributed by atoms with Gasteiger partial charge in [-0.05, 0) is 34.7 Å². The number of rotatable bonds is 2. The van der Waals surface area contributed by atoms with E-state index in [2.05, 4.69) is 31.9 Å². The van der Waals surface area contributed by atoms with Crippen molar-refractivity contribution in [1.82, 2.24) is 0 Å². The number of terminal acetylenes is 1. The molecule has 0 aliphatic heterocycles. The molecule has 0 bridgehead atoms. The summed E-state index contributed by atoms with van der Waals surface area (Å²) in [7, 11) is 0. The molecule has 0 radical (unpaired) electrons. The van der Waals surface area contributed by atoms with Crippen molar-refractivity contribution in [2.75, 3.05) is 0 Å². The van der Waals surface area contributed by atoms with Crippen molar-refractivity contribution in [2.24, 2.45) is 0 Å². The summed E-state index contributed by atoms with van der Waals surface area (Å²) in [6.07, 6.45) is 5.21. The molecule has 0 nitrogen and oxygen atoms in total. The van der Waals surface area contributed by atoms with Gasteiger partial charge in [-0.25, -0.2) is 4.39 Å². The SMILES string of the molecule is C#Cc1ccc(-c2cccc(C(C)C)c2)cc1F. The zero-order valence-electron chi connectivity index (χ0n) is 10.6. The molecule has 0 heterocycles. The summed E-state index contributed by atoms with van der Waals surface area (Å²) in [4.78, 5) is 0. The molecule has 0 amide bonds. The highest BCUT2D eigenvalue weighted by molar-refractivity contribution is 5.65. The average Bonchev–Trinajstić information content (AvgIpc) is 2.38. The molecule has 0 aliphatic rings. The molecule has 2 aromatic rings. The van der Waals surface area contributed by atoms with Crippen LogP contribution in [0, 0.1) is 18.2 Å². The van der Waals surface area contributed by atoms with E-state index in [4.69, 9.17) is 6.42 Å². The van der Waals surface area contributed by atoms with Gasteiger partial charge in [0, 0.05) is 0 Å². The van der Waals surface area contributed by atoms with Crippen LogP contribution < -0.4 is 0 Å².